The van der Waals surface area contributed by atoms with Gasteiger partial charge in [-0.05, 0) is 35.0 Å². The molecule has 3 aromatic heterocycles. The number of aromatic nitrogens is 2. The van der Waals surface area contributed by atoms with Crippen molar-refractivity contribution in [3.8, 4) is 21.1 Å². The molecule has 3 heterocycles. The summed E-state index contributed by atoms with van der Waals surface area (Å²) in [5, 5.41) is 7.74. The fraction of sp³-hybridized carbons (Fsp3) is 0.0526. The van der Waals surface area contributed by atoms with Crippen LogP contribution < -0.4 is 5.32 Å². The first-order valence-corrected chi connectivity index (χ1v) is 10.7. The first-order valence-electron chi connectivity index (χ1n) is 7.95. The number of nitrogens with zero attached hydrogens (tertiary/aromatic N) is 1. The molecule has 0 radical (unpaired) electrons. The zero-order chi connectivity index (χ0) is 17.8. The Kier molecular flexibility index (Phi) is 5.19. The van der Waals surface area contributed by atoms with Crippen LogP contribution in [0.1, 0.15) is 0 Å². The minimum absolute atomic E-state index is 0.0482. The Bertz CT molecular complexity index is 925. The van der Waals surface area contributed by atoms with Crippen LogP contribution in [0.2, 0.25) is 0 Å². The minimum atomic E-state index is -0.0482. The average molecular weight is 398 g/mol. The van der Waals surface area contributed by atoms with Gasteiger partial charge in [-0.3, -0.25) is 4.79 Å². The third-order valence-corrected chi connectivity index (χ3v) is 6.24. The van der Waals surface area contributed by atoms with Crippen LogP contribution in [0.4, 0.5) is 5.69 Å². The van der Waals surface area contributed by atoms with Crippen molar-refractivity contribution in [2.24, 2.45) is 0 Å². The Balaban J connectivity index is 1.50. The second-order valence-electron chi connectivity index (χ2n) is 5.42. The molecule has 26 heavy (non-hydrogen) atoms. The number of thiophene rings is 2. The van der Waals surface area contributed by atoms with Crippen LogP contribution in [-0.4, -0.2) is 21.6 Å². The number of hydrogen-bond donors (Lipinski definition) is 2. The standard InChI is InChI=1S/C19H15N3OS3/c23-16(20-13-6-2-1-3-7-13)12-26-19-21-17(14-8-4-10-24-14)18(22-19)15-9-5-11-25-15/h1-11H,12H2,(H,20,23)(H,21,22). The molecule has 2 N–H and O–H groups in total. The Morgan fingerprint density at radius 1 is 1.00 bits per heavy atom. The summed E-state index contributed by atoms with van der Waals surface area (Å²) in [6, 6.07) is 17.7. The molecule has 7 heteroatoms. The summed E-state index contributed by atoms with van der Waals surface area (Å²) in [5.41, 5.74) is 2.75. The van der Waals surface area contributed by atoms with Crippen molar-refractivity contribution < 1.29 is 4.79 Å². The van der Waals surface area contributed by atoms with Crippen molar-refractivity contribution in [2.75, 3.05) is 11.1 Å². The summed E-state index contributed by atoms with van der Waals surface area (Å²) in [6.07, 6.45) is 0. The quantitative estimate of drug-likeness (QED) is 0.417. The van der Waals surface area contributed by atoms with E-state index in [0.717, 1.165) is 32.0 Å². The lowest BCUT2D eigenvalue weighted by Gasteiger charge is -2.03. The van der Waals surface area contributed by atoms with Gasteiger partial charge >= 0.3 is 0 Å². The molecule has 0 saturated heterocycles. The normalized spacial score (nSPS) is 10.8. The van der Waals surface area contributed by atoms with Crippen LogP contribution in [0.5, 0.6) is 0 Å². The molecule has 0 aliphatic carbocycles. The van der Waals surface area contributed by atoms with E-state index < -0.39 is 0 Å². The summed E-state index contributed by atoms with van der Waals surface area (Å²) >= 11 is 4.74. The number of carbonyl (C=O) groups excluding carboxylic acids is 1. The topological polar surface area (TPSA) is 57.8 Å². The van der Waals surface area contributed by atoms with Crippen molar-refractivity contribution in [1.82, 2.24) is 9.97 Å². The third kappa shape index (κ3) is 3.90. The van der Waals surface area contributed by atoms with Gasteiger partial charge in [0.25, 0.3) is 0 Å². The molecule has 0 aliphatic heterocycles. The number of benzene rings is 1. The molecule has 0 bridgehead atoms. The highest BCUT2D eigenvalue weighted by atomic mass is 32.2. The summed E-state index contributed by atoms with van der Waals surface area (Å²) < 4.78 is 0. The zero-order valence-corrected chi connectivity index (χ0v) is 16.1. The largest absolute Gasteiger partial charge is 0.332 e. The van der Waals surface area contributed by atoms with Gasteiger partial charge in [-0.15, -0.1) is 22.7 Å². The predicted octanol–water partition coefficient (Wildman–Crippen LogP) is 5.60. The molecule has 0 atom stereocenters. The minimum Gasteiger partial charge on any atom is -0.332 e. The second-order valence-corrected chi connectivity index (χ2v) is 8.28. The van der Waals surface area contributed by atoms with Gasteiger partial charge in [0.15, 0.2) is 5.16 Å². The second kappa shape index (κ2) is 7.90. The van der Waals surface area contributed by atoms with Crippen molar-refractivity contribution in [2.45, 2.75) is 5.16 Å². The van der Waals surface area contributed by atoms with Crippen LogP contribution in [0.3, 0.4) is 0 Å². The highest BCUT2D eigenvalue weighted by Crippen LogP contribution is 2.36. The summed E-state index contributed by atoms with van der Waals surface area (Å²) in [4.78, 5) is 22.5. The number of amides is 1. The molecule has 4 aromatic rings. The Morgan fingerprint density at radius 3 is 2.42 bits per heavy atom. The number of carbonyl (C=O) groups is 1. The first-order chi connectivity index (χ1) is 12.8. The van der Waals surface area contributed by atoms with Gasteiger partial charge in [-0.2, -0.15) is 0 Å². The van der Waals surface area contributed by atoms with Gasteiger partial charge in [0, 0.05) is 5.69 Å². The van der Waals surface area contributed by atoms with E-state index in [1.807, 2.05) is 47.8 Å². The maximum atomic E-state index is 12.2. The molecule has 1 amide bonds. The van der Waals surface area contributed by atoms with Crippen molar-refractivity contribution in [3.63, 3.8) is 0 Å². The number of hydrogen-bond acceptors (Lipinski definition) is 5. The molecule has 0 aliphatic rings. The number of nitrogens with one attached hydrogen (secondary N) is 2. The van der Waals surface area contributed by atoms with Crippen LogP contribution >= 0.6 is 34.4 Å². The van der Waals surface area contributed by atoms with E-state index in [1.54, 1.807) is 22.7 Å². The first kappa shape index (κ1) is 17.1. The van der Waals surface area contributed by atoms with E-state index in [-0.39, 0.29) is 5.91 Å². The fourth-order valence-corrected chi connectivity index (χ4v) is 4.58. The van der Waals surface area contributed by atoms with Gasteiger partial charge in [-0.25, -0.2) is 4.98 Å². The zero-order valence-electron chi connectivity index (χ0n) is 13.6. The highest BCUT2D eigenvalue weighted by molar-refractivity contribution is 7.99. The summed E-state index contributed by atoms with van der Waals surface area (Å²) in [6.45, 7) is 0. The number of rotatable bonds is 6. The number of H-pyrrole nitrogens is 1. The molecule has 4 rings (SSSR count). The lowest BCUT2D eigenvalue weighted by atomic mass is 10.2. The monoisotopic (exact) mass is 397 g/mol. The molecule has 0 saturated carbocycles. The van der Waals surface area contributed by atoms with Gasteiger partial charge in [0.05, 0.1) is 21.2 Å². The fourth-order valence-electron chi connectivity index (χ4n) is 2.46. The lowest BCUT2D eigenvalue weighted by Crippen LogP contribution is -2.13. The van der Waals surface area contributed by atoms with Crippen LogP contribution in [0.25, 0.3) is 21.1 Å². The van der Waals surface area contributed by atoms with Crippen molar-refractivity contribution in [3.05, 3.63) is 65.4 Å². The number of aromatic amines is 1. The van der Waals surface area contributed by atoms with Gasteiger partial charge < -0.3 is 10.3 Å². The van der Waals surface area contributed by atoms with Gasteiger partial charge in [0.2, 0.25) is 5.91 Å². The van der Waals surface area contributed by atoms with Crippen LogP contribution in [-0.2, 0) is 4.79 Å². The maximum absolute atomic E-state index is 12.2. The van der Waals surface area contributed by atoms with E-state index in [4.69, 9.17) is 4.98 Å². The van der Waals surface area contributed by atoms with Gasteiger partial charge in [-0.1, -0.05) is 42.1 Å². The SMILES string of the molecule is O=C(CSc1nc(-c2cccs2)c(-c2cccs2)[nH]1)Nc1ccccc1. The molecular weight excluding hydrogens is 382 g/mol. The van der Waals surface area contributed by atoms with Crippen molar-refractivity contribution in [1.29, 1.82) is 0 Å². The number of thioether (sulfide) groups is 1. The smallest absolute Gasteiger partial charge is 0.234 e. The molecule has 4 nitrogen and oxygen atoms in total. The molecule has 0 fully saturated rings. The molecule has 1 aromatic carbocycles. The van der Waals surface area contributed by atoms with E-state index in [0.29, 0.717) is 5.75 Å². The number of anilines is 1. The Hall–Kier alpha value is -2.35. The summed E-state index contributed by atoms with van der Waals surface area (Å²) in [5.74, 6) is 0.254. The lowest BCUT2D eigenvalue weighted by molar-refractivity contribution is -0.113. The van der Waals surface area contributed by atoms with Crippen LogP contribution in [0.15, 0.2) is 70.5 Å². The number of para-hydroxylation sites is 1. The average Bonchev–Trinajstić information content (AvgIpc) is 3.41. The molecule has 0 spiro atoms. The van der Waals surface area contributed by atoms with E-state index in [1.165, 1.54) is 11.8 Å². The molecule has 130 valence electrons. The maximum Gasteiger partial charge on any atom is 0.234 e. The van der Waals surface area contributed by atoms with Gasteiger partial charge in [0.1, 0.15) is 5.69 Å². The highest BCUT2D eigenvalue weighted by Gasteiger charge is 2.16. The number of imidazole rings is 1. The molecular formula is C19H15N3OS3. The van der Waals surface area contributed by atoms with Crippen LogP contribution in [0, 0.1) is 0 Å². The predicted molar refractivity (Wildman–Crippen MR) is 111 cm³/mol. The van der Waals surface area contributed by atoms with Crippen molar-refractivity contribution >= 4 is 46.0 Å². The Morgan fingerprint density at radius 2 is 1.73 bits per heavy atom. The van der Waals surface area contributed by atoms with E-state index in [2.05, 4.69) is 27.8 Å². The van der Waals surface area contributed by atoms with E-state index in [9.17, 15) is 4.79 Å². The Labute approximate surface area is 163 Å². The molecule has 0 unspecified atom stereocenters. The third-order valence-electron chi connectivity index (χ3n) is 3.60. The van der Waals surface area contributed by atoms with E-state index >= 15 is 0 Å². The summed E-state index contributed by atoms with van der Waals surface area (Å²) in [7, 11) is 0.